The van der Waals surface area contributed by atoms with E-state index in [1.807, 2.05) is 19.9 Å². The van der Waals surface area contributed by atoms with Crippen molar-refractivity contribution in [2.75, 3.05) is 5.32 Å². The lowest BCUT2D eigenvalue weighted by Gasteiger charge is -2.17. The fourth-order valence-corrected chi connectivity index (χ4v) is 5.67. The van der Waals surface area contributed by atoms with Gasteiger partial charge in [0.1, 0.15) is 10.8 Å². The largest absolute Gasteiger partial charge is 0.489 e. The second-order valence-corrected chi connectivity index (χ2v) is 10.3. The van der Waals surface area contributed by atoms with Crippen LogP contribution in [0.5, 0.6) is 5.75 Å². The van der Waals surface area contributed by atoms with Gasteiger partial charge in [0.15, 0.2) is 0 Å². The molecule has 0 aliphatic rings. The maximum Gasteiger partial charge on any atom is 0.138 e. The Hall–Kier alpha value is -1.89. The van der Waals surface area contributed by atoms with E-state index in [4.69, 9.17) is 9.72 Å². The highest BCUT2D eigenvalue weighted by atomic mass is 79.9. The first-order chi connectivity index (χ1) is 14.4. The molecule has 1 heterocycles. The third kappa shape index (κ3) is 4.88. The summed E-state index contributed by atoms with van der Waals surface area (Å²) in [5.74, 6) is 0.877. The van der Waals surface area contributed by atoms with Gasteiger partial charge in [-0.3, -0.25) is 0 Å². The summed E-state index contributed by atoms with van der Waals surface area (Å²) >= 11 is 8.93. The third-order valence-electron chi connectivity index (χ3n) is 4.60. The lowest BCUT2D eigenvalue weighted by Crippen LogP contribution is -2.10. The van der Waals surface area contributed by atoms with Crippen molar-refractivity contribution in [1.82, 2.24) is 4.98 Å². The fourth-order valence-electron chi connectivity index (χ4n) is 3.20. The van der Waals surface area contributed by atoms with Crippen LogP contribution in [-0.4, -0.2) is 11.1 Å². The molecule has 0 saturated carbocycles. The van der Waals surface area contributed by atoms with Gasteiger partial charge in [0, 0.05) is 27.8 Å². The van der Waals surface area contributed by atoms with Crippen molar-refractivity contribution in [3.05, 3.63) is 74.7 Å². The molecule has 1 aromatic heterocycles. The summed E-state index contributed by atoms with van der Waals surface area (Å²) in [6.45, 7) is 6.85. The van der Waals surface area contributed by atoms with Crippen LogP contribution < -0.4 is 10.1 Å². The van der Waals surface area contributed by atoms with Gasteiger partial charge in [-0.15, -0.1) is 11.3 Å². The number of rotatable bonds is 6. The van der Waals surface area contributed by atoms with Crippen molar-refractivity contribution in [2.45, 2.75) is 33.4 Å². The van der Waals surface area contributed by atoms with E-state index >= 15 is 0 Å². The number of thiazole rings is 1. The number of aromatic nitrogens is 1. The molecule has 6 heteroatoms. The molecule has 0 spiro atoms. The summed E-state index contributed by atoms with van der Waals surface area (Å²) < 4.78 is 9.21. The predicted molar refractivity (Wildman–Crippen MR) is 135 cm³/mol. The van der Waals surface area contributed by atoms with Gasteiger partial charge in [0.25, 0.3) is 0 Å². The van der Waals surface area contributed by atoms with Gasteiger partial charge in [-0.25, -0.2) is 4.98 Å². The summed E-state index contributed by atoms with van der Waals surface area (Å²) in [6, 6.07) is 18.9. The molecule has 154 valence electrons. The average Bonchev–Trinajstić information content (AvgIpc) is 3.12. The van der Waals surface area contributed by atoms with Gasteiger partial charge in [0.2, 0.25) is 0 Å². The molecule has 0 aliphatic heterocycles. The lowest BCUT2D eigenvalue weighted by molar-refractivity contribution is 0.238. The van der Waals surface area contributed by atoms with Crippen LogP contribution in [0.4, 0.5) is 5.69 Å². The summed E-state index contributed by atoms with van der Waals surface area (Å²) in [6.07, 6.45) is 0.109. The lowest BCUT2D eigenvalue weighted by atomic mass is 10.1. The van der Waals surface area contributed by atoms with Crippen molar-refractivity contribution in [3.8, 4) is 16.3 Å². The molecule has 0 amide bonds. The number of hydrogen-bond acceptors (Lipinski definition) is 4. The van der Waals surface area contributed by atoms with E-state index in [0.717, 1.165) is 42.0 Å². The fraction of sp³-hybridized carbons (Fsp3) is 0.208. The smallest absolute Gasteiger partial charge is 0.138 e. The normalized spacial score (nSPS) is 11.3. The Morgan fingerprint density at radius 2 is 1.80 bits per heavy atom. The maximum absolute atomic E-state index is 6.02. The Kier molecular flexibility index (Phi) is 6.46. The van der Waals surface area contributed by atoms with Crippen molar-refractivity contribution in [2.24, 2.45) is 0 Å². The Balaban J connectivity index is 1.51. The van der Waals surface area contributed by atoms with Crippen LogP contribution in [0.3, 0.4) is 0 Å². The number of halogens is 2. The first-order valence-corrected chi connectivity index (χ1v) is 12.2. The number of benzene rings is 3. The molecule has 0 aliphatic carbocycles. The number of anilines is 1. The number of fused-ring (bicyclic) bond motifs is 1. The Bertz CT molecular complexity index is 1190. The van der Waals surface area contributed by atoms with Gasteiger partial charge in [-0.1, -0.05) is 22.0 Å². The highest BCUT2D eigenvalue weighted by molar-refractivity contribution is 9.11. The molecular weight excluding hydrogens is 524 g/mol. The van der Waals surface area contributed by atoms with Gasteiger partial charge < -0.3 is 10.1 Å². The molecule has 3 aromatic carbocycles. The summed E-state index contributed by atoms with van der Waals surface area (Å²) in [5, 5.41) is 4.55. The first kappa shape index (κ1) is 21.3. The SMILES string of the molecule is Cc1ccc2nc(-c3ccc(NCc4cc(Br)cc(Br)c4OC(C)C)cc3)sc2c1. The van der Waals surface area contributed by atoms with Crippen LogP contribution in [0.2, 0.25) is 0 Å². The van der Waals surface area contributed by atoms with Gasteiger partial charge >= 0.3 is 0 Å². The molecular formula is C24H22Br2N2OS. The molecule has 4 aromatic rings. The predicted octanol–water partition coefficient (Wildman–Crippen LogP) is 8.20. The zero-order chi connectivity index (χ0) is 21.3. The summed E-state index contributed by atoms with van der Waals surface area (Å²) in [7, 11) is 0. The van der Waals surface area contributed by atoms with Crippen LogP contribution in [0, 0.1) is 6.92 Å². The molecule has 4 rings (SSSR count). The summed E-state index contributed by atoms with van der Waals surface area (Å²) in [4.78, 5) is 4.78. The molecule has 0 fully saturated rings. The molecule has 0 saturated heterocycles. The molecule has 30 heavy (non-hydrogen) atoms. The Labute approximate surface area is 197 Å². The first-order valence-electron chi connectivity index (χ1n) is 9.75. The molecule has 0 atom stereocenters. The monoisotopic (exact) mass is 544 g/mol. The molecule has 3 nitrogen and oxygen atoms in total. The number of nitrogens with zero attached hydrogens (tertiary/aromatic N) is 1. The van der Waals surface area contributed by atoms with E-state index in [1.54, 1.807) is 11.3 Å². The van der Waals surface area contributed by atoms with E-state index in [1.165, 1.54) is 10.3 Å². The second-order valence-electron chi connectivity index (χ2n) is 7.46. The highest BCUT2D eigenvalue weighted by Crippen LogP contribution is 2.35. The van der Waals surface area contributed by atoms with Crippen molar-refractivity contribution in [1.29, 1.82) is 0 Å². The number of hydrogen-bond donors (Lipinski definition) is 1. The van der Waals surface area contributed by atoms with Crippen molar-refractivity contribution < 1.29 is 4.74 Å². The second kappa shape index (κ2) is 9.08. The van der Waals surface area contributed by atoms with Crippen molar-refractivity contribution >= 4 is 59.1 Å². The summed E-state index contributed by atoms with van der Waals surface area (Å²) in [5.41, 5.74) is 5.60. The van der Waals surface area contributed by atoms with Gasteiger partial charge in [-0.2, -0.15) is 0 Å². The average molecular weight is 546 g/mol. The van der Waals surface area contributed by atoms with Crippen LogP contribution in [-0.2, 0) is 6.54 Å². The standard InChI is InChI=1S/C24H22Br2N2OS/c1-14(2)29-23-17(11-18(25)12-20(23)26)13-27-19-7-5-16(6-8-19)24-28-21-9-4-15(3)10-22(21)30-24/h4-12,14,27H,13H2,1-3H3. The van der Waals surface area contributed by atoms with Crippen LogP contribution in [0.25, 0.3) is 20.8 Å². The quantitative estimate of drug-likeness (QED) is 0.265. The Morgan fingerprint density at radius 3 is 2.53 bits per heavy atom. The van der Waals surface area contributed by atoms with Crippen molar-refractivity contribution in [3.63, 3.8) is 0 Å². The third-order valence-corrected chi connectivity index (χ3v) is 6.71. The zero-order valence-corrected chi connectivity index (χ0v) is 21.0. The van der Waals surface area contributed by atoms with E-state index in [9.17, 15) is 0 Å². The molecule has 0 radical (unpaired) electrons. The zero-order valence-electron chi connectivity index (χ0n) is 17.0. The van der Waals surface area contributed by atoms with E-state index in [0.29, 0.717) is 6.54 Å². The number of aryl methyl sites for hydroxylation is 1. The maximum atomic E-state index is 6.02. The number of nitrogens with one attached hydrogen (secondary N) is 1. The van der Waals surface area contributed by atoms with Gasteiger partial charge in [-0.05, 0) is 90.8 Å². The minimum Gasteiger partial charge on any atom is -0.489 e. The molecule has 0 bridgehead atoms. The molecule has 0 unspecified atom stereocenters. The minimum atomic E-state index is 0.109. The van der Waals surface area contributed by atoms with E-state index < -0.39 is 0 Å². The number of ether oxygens (including phenoxy) is 1. The topological polar surface area (TPSA) is 34.2 Å². The van der Waals surface area contributed by atoms with Crippen LogP contribution in [0.1, 0.15) is 25.0 Å². The highest BCUT2D eigenvalue weighted by Gasteiger charge is 2.12. The van der Waals surface area contributed by atoms with Gasteiger partial charge in [0.05, 0.1) is 20.8 Å². The van der Waals surface area contributed by atoms with E-state index in [-0.39, 0.29) is 6.10 Å². The van der Waals surface area contributed by atoms with E-state index in [2.05, 4.69) is 92.6 Å². The minimum absolute atomic E-state index is 0.109. The Morgan fingerprint density at radius 1 is 1.03 bits per heavy atom. The van der Waals surface area contributed by atoms with Crippen LogP contribution in [0.15, 0.2) is 63.5 Å². The molecule has 1 N–H and O–H groups in total. The van der Waals surface area contributed by atoms with Crippen LogP contribution >= 0.6 is 43.2 Å².